The quantitative estimate of drug-likeness (QED) is 0.148. The van der Waals surface area contributed by atoms with Crippen molar-refractivity contribution in [2.24, 2.45) is 0 Å². The third-order valence-electron chi connectivity index (χ3n) is 6.87. The summed E-state index contributed by atoms with van der Waals surface area (Å²) in [5, 5.41) is 11.1. The van der Waals surface area contributed by atoms with Crippen LogP contribution in [-0.2, 0) is 13.2 Å². The minimum atomic E-state index is -0.225. The van der Waals surface area contributed by atoms with Gasteiger partial charge < -0.3 is 19.1 Å². The first kappa shape index (κ1) is 30.1. The van der Waals surface area contributed by atoms with Gasteiger partial charge in [0.05, 0.1) is 5.52 Å². The van der Waals surface area contributed by atoms with E-state index in [-0.39, 0.29) is 23.7 Å². The van der Waals surface area contributed by atoms with Crippen molar-refractivity contribution in [3.05, 3.63) is 87.7 Å². The molecule has 1 aromatic heterocycles. The molecule has 0 saturated heterocycles. The highest BCUT2D eigenvalue weighted by Crippen LogP contribution is 2.35. The van der Waals surface area contributed by atoms with E-state index in [2.05, 4.69) is 39.8 Å². The number of phenolic OH excluding ortho intramolecular Hbond substituents is 1. The zero-order valence-corrected chi connectivity index (χ0v) is 24.2. The maximum absolute atomic E-state index is 13.9. The number of pyridine rings is 1. The van der Waals surface area contributed by atoms with Crippen LogP contribution in [-0.4, -0.2) is 16.3 Å². The van der Waals surface area contributed by atoms with E-state index < -0.39 is 0 Å². The van der Waals surface area contributed by atoms with Crippen molar-refractivity contribution in [2.75, 3.05) is 6.61 Å². The SMILES string of the molecule is CCCCCCCCn1c(=O)c(OCc2ccccc2)c(OC/C=C(\C)CCC=C(C)C)c2ccc(O)cc21. The molecule has 0 unspecified atom stereocenters. The van der Waals surface area contributed by atoms with Gasteiger partial charge in [0.2, 0.25) is 5.75 Å². The first-order valence-electron chi connectivity index (χ1n) is 14.4. The molecule has 0 bridgehead atoms. The standard InChI is InChI=1S/C34H45NO4/c1-5-6-7-8-9-13-22-35-31-24-29(36)19-20-30(31)32(38-23-21-27(4)16-14-15-26(2)3)33(34(35)37)39-25-28-17-11-10-12-18-28/h10-12,15,17-21,24,36H,5-9,13-14,16,22-23,25H2,1-4H3/b27-21+. The topological polar surface area (TPSA) is 60.7 Å². The number of rotatable bonds is 16. The number of allylic oxidation sites excluding steroid dienone is 3. The van der Waals surface area contributed by atoms with E-state index in [1.54, 1.807) is 16.7 Å². The number of nitrogens with zero attached hydrogens (tertiary/aromatic N) is 1. The number of aromatic nitrogens is 1. The van der Waals surface area contributed by atoms with Crippen molar-refractivity contribution >= 4 is 10.9 Å². The lowest BCUT2D eigenvalue weighted by Gasteiger charge is -2.19. The van der Waals surface area contributed by atoms with Crippen LogP contribution >= 0.6 is 0 Å². The van der Waals surface area contributed by atoms with Crippen molar-refractivity contribution in [2.45, 2.75) is 92.2 Å². The summed E-state index contributed by atoms with van der Waals surface area (Å²) < 4.78 is 14.2. The van der Waals surface area contributed by atoms with Crippen LogP contribution in [0.1, 0.15) is 84.6 Å². The zero-order chi connectivity index (χ0) is 28.0. The lowest BCUT2D eigenvalue weighted by molar-refractivity contribution is 0.270. The molecule has 3 aromatic rings. The van der Waals surface area contributed by atoms with Crippen LogP contribution in [0.25, 0.3) is 10.9 Å². The van der Waals surface area contributed by atoms with Gasteiger partial charge in [0.15, 0.2) is 5.75 Å². The van der Waals surface area contributed by atoms with Crippen molar-refractivity contribution in [3.8, 4) is 17.2 Å². The summed E-state index contributed by atoms with van der Waals surface area (Å²) >= 11 is 0. The molecule has 0 saturated carbocycles. The number of aromatic hydroxyl groups is 1. The number of hydrogen-bond donors (Lipinski definition) is 1. The van der Waals surface area contributed by atoms with Crippen molar-refractivity contribution in [1.29, 1.82) is 0 Å². The minimum absolute atomic E-state index is 0.123. The van der Waals surface area contributed by atoms with E-state index in [1.807, 2.05) is 36.4 Å². The smallest absolute Gasteiger partial charge is 0.297 e. The largest absolute Gasteiger partial charge is 0.508 e. The molecule has 0 aliphatic carbocycles. The van der Waals surface area contributed by atoms with Gasteiger partial charge in [-0.3, -0.25) is 4.79 Å². The fourth-order valence-corrected chi connectivity index (χ4v) is 4.62. The van der Waals surface area contributed by atoms with Crippen LogP contribution in [0.4, 0.5) is 0 Å². The summed E-state index contributed by atoms with van der Waals surface area (Å²) in [4.78, 5) is 13.9. The van der Waals surface area contributed by atoms with E-state index >= 15 is 0 Å². The third-order valence-corrected chi connectivity index (χ3v) is 6.87. The molecular formula is C34H45NO4. The number of fused-ring (bicyclic) bond motifs is 1. The minimum Gasteiger partial charge on any atom is -0.508 e. The maximum Gasteiger partial charge on any atom is 0.297 e. The lowest BCUT2D eigenvalue weighted by atomic mass is 10.1. The van der Waals surface area contributed by atoms with Crippen LogP contribution < -0.4 is 15.0 Å². The predicted octanol–water partition coefficient (Wildman–Crippen LogP) is 8.72. The van der Waals surface area contributed by atoms with Crippen molar-refractivity contribution < 1.29 is 14.6 Å². The Balaban J connectivity index is 1.93. The molecule has 5 heteroatoms. The van der Waals surface area contributed by atoms with Crippen LogP contribution in [0.15, 0.2) is 76.6 Å². The summed E-state index contributed by atoms with van der Waals surface area (Å²) in [5.41, 5.74) is 3.97. The van der Waals surface area contributed by atoms with Gasteiger partial charge in [-0.25, -0.2) is 0 Å². The summed E-state index contributed by atoms with van der Waals surface area (Å²) in [6, 6.07) is 14.9. The van der Waals surface area contributed by atoms with Gasteiger partial charge in [0, 0.05) is 18.0 Å². The van der Waals surface area contributed by atoms with E-state index in [1.165, 1.54) is 30.4 Å². The second-order valence-corrected chi connectivity index (χ2v) is 10.5. The Morgan fingerprint density at radius 3 is 2.38 bits per heavy atom. The number of phenols is 1. The van der Waals surface area contributed by atoms with Gasteiger partial charge in [0.25, 0.3) is 5.56 Å². The number of hydrogen-bond acceptors (Lipinski definition) is 4. The molecule has 0 atom stereocenters. The Labute approximate surface area is 233 Å². The monoisotopic (exact) mass is 531 g/mol. The summed E-state index contributed by atoms with van der Waals surface area (Å²) in [7, 11) is 0. The Bertz CT molecular complexity index is 1300. The van der Waals surface area contributed by atoms with E-state index in [0.29, 0.717) is 24.4 Å². The van der Waals surface area contributed by atoms with E-state index in [9.17, 15) is 9.90 Å². The Hall–Kier alpha value is -3.47. The van der Waals surface area contributed by atoms with Crippen molar-refractivity contribution in [3.63, 3.8) is 0 Å². The summed E-state index contributed by atoms with van der Waals surface area (Å²) in [6.45, 7) is 9.69. The highest BCUT2D eigenvalue weighted by molar-refractivity contribution is 5.89. The van der Waals surface area contributed by atoms with Crippen LogP contribution in [0.5, 0.6) is 17.2 Å². The Morgan fingerprint density at radius 2 is 1.64 bits per heavy atom. The van der Waals surface area contributed by atoms with Crippen LogP contribution in [0, 0.1) is 0 Å². The lowest BCUT2D eigenvalue weighted by Crippen LogP contribution is -2.24. The molecule has 0 amide bonds. The first-order chi connectivity index (χ1) is 18.9. The average Bonchev–Trinajstić information content (AvgIpc) is 2.92. The second-order valence-electron chi connectivity index (χ2n) is 10.5. The molecule has 3 rings (SSSR count). The maximum atomic E-state index is 13.9. The van der Waals surface area contributed by atoms with Gasteiger partial charge >= 0.3 is 0 Å². The average molecular weight is 532 g/mol. The number of aryl methyl sites for hydroxylation is 1. The van der Waals surface area contributed by atoms with Gasteiger partial charge in [-0.05, 0) is 63.8 Å². The highest BCUT2D eigenvalue weighted by atomic mass is 16.5. The van der Waals surface area contributed by atoms with Gasteiger partial charge in [0.1, 0.15) is 19.0 Å². The fraction of sp³-hybridized carbons (Fsp3) is 0.441. The molecular weight excluding hydrogens is 486 g/mol. The molecule has 0 radical (unpaired) electrons. The molecule has 0 fully saturated rings. The molecule has 39 heavy (non-hydrogen) atoms. The molecule has 1 N–H and O–H groups in total. The Kier molecular flexibility index (Phi) is 12.2. The molecule has 0 aliphatic heterocycles. The number of unbranched alkanes of at least 4 members (excludes halogenated alkanes) is 5. The summed E-state index contributed by atoms with van der Waals surface area (Å²) in [5.74, 6) is 0.773. The normalized spacial score (nSPS) is 11.5. The molecule has 0 spiro atoms. The van der Waals surface area contributed by atoms with E-state index in [4.69, 9.17) is 9.47 Å². The number of ether oxygens (including phenoxy) is 2. The molecule has 210 valence electrons. The Morgan fingerprint density at radius 1 is 0.897 bits per heavy atom. The summed E-state index contributed by atoms with van der Waals surface area (Å²) in [6.07, 6.45) is 13.0. The molecule has 5 nitrogen and oxygen atoms in total. The van der Waals surface area contributed by atoms with Crippen LogP contribution in [0.3, 0.4) is 0 Å². The molecule has 0 aliphatic rings. The number of benzene rings is 2. The third kappa shape index (κ3) is 9.35. The van der Waals surface area contributed by atoms with E-state index in [0.717, 1.165) is 43.1 Å². The van der Waals surface area contributed by atoms with Crippen molar-refractivity contribution in [1.82, 2.24) is 4.57 Å². The first-order valence-corrected chi connectivity index (χ1v) is 14.4. The van der Waals surface area contributed by atoms with Crippen LogP contribution in [0.2, 0.25) is 0 Å². The highest BCUT2D eigenvalue weighted by Gasteiger charge is 2.20. The molecule has 1 heterocycles. The fourth-order valence-electron chi connectivity index (χ4n) is 4.62. The van der Waals surface area contributed by atoms with Gasteiger partial charge in [-0.1, -0.05) is 86.6 Å². The second kappa shape index (κ2) is 15.8. The molecule has 2 aromatic carbocycles. The van der Waals surface area contributed by atoms with Gasteiger partial charge in [-0.2, -0.15) is 0 Å². The predicted molar refractivity (Wildman–Crippen MR) is 162 cm³/mol. The zero-order valence-electron chi connectivity index (χ0n) is 24.2. The van der Waals surface area contributed by atoms with Gasteiger partial charge in [-0.15, -0.1) is 0 Å².